The van der Waals surface area contributed by atoms with Crippen LogP contribution in [0.25, 0.3) is 0 Å². The van der Waals surface area contributed by atoms with Gasteiger partial charge in [-0.1, -0.05) is 36.4 Å². The molecular formula is C28H22N2O4. The van der Waals surface area contributed by atoms with Gasteiger partial charge >= 0.3 is 0 Å². The summed E-state index contributed by atoms with van der Waals surface area (Å²) in [4.78, 5) is 40.3. The molecule has 4 atom stereocenters. The first-order valence-corrected chi connectivity index (χ1v) is 11.4. The summed E-state index contributed by atoms with van der Waals surface area (Å²) < 4.78 is 5.78. The van der Waals surface area contributed by atoms with Crippen LogP contribution in [0.15, 0.2) is 91.0 Å². The molecule has 6 nitrogen and oxygen atoms in total. The van der Waals surface area contributed by atoms with E-state index >= 15 is 0 Å². The maximum atomic E-state index is 13.1. The highest BCUT2D eigenvalue weighted by molar-refractivity contribution is 6.23. The van der Waals surface area contributed by atoms with E-state index < -0.39 is 0 Å². The zero-order valence-electron chi connectivity index (χ0n) is 18.3. The van der Waals surface area contributed by atoms with E-state index in [1.807, 2.05) is 30.3 Å². The Hall–Kier alpha value is -4.19. The Morgan fingerprint density at radius 2 is 1.44 bits per heavy atom. The van der Waals surface area contributed by atoms with Gasteiger partial charge in [-0.3, -0.25) is 14.4 Å². The lowest BCUT2D eigenvalue weighted by atomic mass is 9.85. The Bertz CT molecular complexity index is 1290. The molecule has 3 aromatic rings. The number of nitrogens with one attached hydrogen (secondary N) is 1. The number of nitrogens with zero attached hydrogens (tertiary/aromatic N) is 1. The smallest absolute Gasteiger partial charge is 0.255 e. The average molecular weight is 450 g/mol. The van der Waals surface area contributed by atoms with Gasteiger partial charge in [-0.05, 0) is 72.9 Å². The number of carbonyl (C=O) groups is 3. The summed E-state index contributed by atoms with van der Waals surface area (Å²) in [5.41, 5.74) is 1.44. The van der Waals surface area contributed by atoms with E-state index in [0.717, 1.165) is 12.2 Å². The van der Waals surface area contributed by atoms with E-state index in [1.54, 1.807) is 48.5 Å². The summed E-state index contributed by atoms with van der Waals surface area (Å²) in [6, 6.07) is 23.2. The van der Waals surface area contributed by atoms with Crippen LogP contribution >= 0.6 is 0 Å². The van der Waals surface area contributed by atoms with Crippen molar-refractivity contribution in [1.82, 2.24) is 0 Å². The predicted molar refractivity (Wildman–Crippen MR) is 128 cm³/mol. The van der Waals surface area contributed by atoms with E-state index in [0.29, 0.717) is 22.7 Å². The molecule has 1 saturated carbocycles. The number of imide groups is 1. The monoisotopic (exact) mass is 450 g/mol. The minimum atomic E-state index is -0.320. The average Bonchev–Trinajstić information content (AvgIpc) is 3.55. The Morgan fingerprint density at radius 1 is 0.794 bits per heavy atom. The van der Waals surface area contributed by atoms with Crippen LogP contribution in [0.1, 0.15) is 16.8 Å². The molecule has 6 rings (SSSR count). The van der Waals surface area contributed by atoms with Crippen LogP contribution in [0, 0.1) is 23.7 Å². The van der Waals surface area contributed by atoms with Crippen LogP contribution in [0.5, 0.6) is 11.5 Å². The molecule has 2 fully saturated rings. The number of amides is 3. The molecule has 1 N–H and O–H groups in total. The number of hydrogen-bond acceptors (Lipinski definition) is 4. The van der Waals surface area contributed by atoms with Crippen LogP contribution in [0.3, 0.4) is 0 Å². The fraction of sp³-hybridized carbons (Fsp3) is 0.179. The number of hydrogen-bond donors (Lipinski definition) is 1. The first kappa shape index (κ1) is 20.4. The largest absolute Gasteiger partial charge is 0.457 e. The normalized spacial score (nSPS) is 24.4. The third-order valence-electron chi connectivity index (χ3n) is 6.93. The Morgan fingerprint density at radius 3 is 2.12 bits per heavy atom. The number of anilines is 2. The van der Waals surface area contributed by atoms with Gasteiger partial charge in [-0.2, -0.15) is 0 Å². The van der Waals surface area contributed by atoms with Crippen molar-refractivity contribution in [3.8, 4) is 11.5 Å². The van der Waals surface area contributed by atoms with Crippen LogP contribution in [-0.2, 0) is 9.59 Å². The van der Waals surface area contributed by atoms with E-state index in [-0.39, 0.29) is 41.4 Å². The Kier molecular flexibility index (Phi) is 4.80. The van der Waals surface area contributed by atoms with Crippen LogP contribution in [-0.4, -0.2) is 17.7 Å². The maximum Gasteiger partial charge on any atom is 0.255 e. The third kappa shape index (κ3) is 3.39. The maximum absolute atomic E-state index is 13.1. The minimum absolute atomic E-state index is 0.150. The number of para-hydroxylation sites is 1. The van der Waals surface area contributed by atoms with Crippen molar-refractivity contribution in [2.24, 2.45) is 23.7 Å². The van der Waals surface area contributed by atoms with Crippen molar-refractivity contribution in [1.29, 1.82) is 0 Å². The molecule has 3 aromatic carbocycles. The van der Waals surface area contributed by atoms with Gasteiger partial charge in [0.2, 0.25) is 11.8 Å². The molecule has 6 heteroatoms. The second-order valence-electron chi connectivity index (χ2n) is 8.96. The van der Waals surface area contributed by atoms with Crippen LogP contribution in [0.2, 0.25) is 0 Å². The quantitative estimate of drug-likeness (QED) is 0.436. The number of fused-ring (bicyclic) bond motifs is 5. The molecule has 168 valence electrons. The van der Waals surface area contributed by atoms with Crippen molar-refractivity contribution in [2.45, 2.75) is 6.42 Å². The van der Waals surface area contributed by atoms with Gasteiger partial charge in [0.05, 0.1) is 17.5 Å². The highest BCUT2D eigenvalue weighted by atomic mass is 16.5. The van der Waals surface area contributed by atoms with Crippen molar-refractivity contribution < 1.29 is 19.1 Å². The number of ether oxygens (including phenoxy) is 1. The second-order valence-corrected chi connectivity index (χ2v) is 8.96. The topological polar surface area (TPSA) is 75.7 Å². The summed E-state index contributed by atoms with van der Waals surface area (Å²) >= 11 is 0. The van der Waals surface area contributed by atoms with E-state index in [4.69, 9.17) is 4.74 Å². The zero-order chi connectivity index (χ0) is 23.2. The summed E-state index contributed by atoms with van der Waals surface area (Å²) in [7, 11) is 0. The van der Waals surface area contributed by atoms with Gasteiger partial charge in [0.15, 0.2) is 0 Å². The molecule has 2 bridgehead atoms. The van der Waals surface area contributed by atoms with Gasteiger partial charge in [0.1, 0.15) is 11.5 Å². The lowest BCUT2D eigenvalue weighted by Gasteiger charge is -2.18. The summed E-state index contributed by atoms with van der Waals surface area (Å²) in [5.74, 6) is 0.527. The van der Waals surface area contributed by atoms with Crippen molar-refractivity contribution in [3.05, 3.63) is 96.6 Å². The van der Waals surface area contributed by atoms with Gasteiger partial charge < -0.3 is 10.1 Å². The van der Waals surface area contributed by atoms with Crippen molar-refractivity contribution >= 4 is 29.1 Å². The van der Waals surface area contributed by atoms with Gasteiger partial charge in [0.25, 0.3) is 5.91 Å². The zero-order valence-corrected chi connectivity index (χ0v) is 18.3. The molecule has 1 saturated heterocycles. The number of allylic oxidation sites excluding steroid dienone is 2. The molecule has 0 aromatic heterocycles. The van der Waals surface area contributed by atoms with Crippen molar-refractivity contribution in [3.63, 3.8) is 0 Å². The molecule has 0 radical (unpaired) electrons. The van der Waals surface area contributed by atoms with Crippen LogP contribution in [0.4, 0.5) is 11.4 Å². The summed E-state index contributed by atoms with van der Waals surface area (Å²) in [6.07, 6.45) is 5.03. The Labute approximate surface area is 196 Å². The highest BCUT2D eigenvalue weighted by Crippen LogP contribution is 2.53. The van der Waals surface area contributed by atoms with Gasteiger partial charge in [-0.15, -0.1) is 0 Å². The fourth-order valence-electron chi connectivity index (χ4n) is 5.38. The lowest BCUT2D eigenvalue weighted by Crippen LogP contribution is -2.33. The molecule has 1 heterocycles. The van der Waals surface area contributed by atoms with E-state index in [2.05, 4.69) is 17.5 Å². The lowest BCUT2D eigenvalue weighted by molar-refractivity contribution is -0.123. The molecule has 1 aliphatic heterocycles. The molecule has 3 aliphatic rings. The molecule has 0 spiro atoms. The third-order valence-corrected chi connectivity index (χ3v) is 6.93. The number of rotatable bonds is 5. The molecule has 2 aliphatic carbocycles. The first-order valence-electron chi connectivity index (χ1n) is 11.4. The van der Waals surface area contributed by atoms with Gasteiger partial charge in [-0.25, -0.2) is 4.90 Å². The highest BCUT2D eigenvalue weighted by Gasteiger charge is 2.59. The molecule has 0 unspecified atom stereocenters. The molecule has 34 heavy (non-hydrogen) atoms. The second kappa shape index (κ2) is 7.99. The number of carbonyl (C=O) groups excluding carboxylic acids is 3. The summed E-state index contributed by atoms with van der Waals surface area (Å²) in [6.45, 7) is 0. The van der Waals surface area contributed by atoms with Crippen molar-refractivity contribution in [2.75, 3.05) is 10.2 Å². The standard InChI is InChI=1S/C28H22N2O4/c31-26(29-20-11-13-23(14-12-20)34-22-7-2-1-3-8-22)19-5-4-6-21(16-19)30-27(32)24-17-9-10-18(15-17)25(24)28(30)33/h1-14,16-18,24-25H,15H2,(H,29,31)/t17-,18-,24-,25-/m0/s1. The SMILES string of the molecule is O=C(Nc1ccc(Oc2ccccc2)cc1)c1cccc(N2C(=O)[C@@H]3[C@@H](C2=O)[C@H]2C=C[C@H]3C2)c1. The number of benzene rings is 3. The minimum Gasteiger partial charge on any atom is -0.457 e. The van der Waals surface area contributed by atoms with Crippen LogP contribution < -0.4 is 15.0 Å². The van der Waals surface area contributed by atoms with E-state index in [1.165, 1.54) is 4.90 Å². The first-order chi connectivity index (χ1) is 16.6. The molecular weight excluding hydrogens is 428 g/mol. The van der Waals surface area contributed by atoms with E-state index in [9.17, 15) is 14.4 Å². The summed E-state index contributed by atoms with van der Waals surface area (Å²) in [5, 5.41) is 2.86. The Balaban J connectivity index is 1.16. The van der Waals surface area contributed by atoms with Gasteiger partial charge in [0, 0.05) is 11.3 Å². The fourth-order valence-corrected chi connectivity index (χ4v) is 5.38. The predicted octanol–water partition coefficient (Wildman–Crippen LogP) is 5.04. The molecule has 3 amide bonds.